The summed E-state index contributed by atoms with van der Waals surface area (Å²) in [5, 5.41) is 13.8. The van der Waals surface area contributed by atoms with Crippen LogP contribution < -0.4 is 14.6 Å². The van der Waals surface area contributed by atoms with Gasteiger partial charge in [0.05, 0.1) is 26.3 Å². The number of nitriles is 1. The number of imidazole rings is 1. The van der Waals surface area contributed by atoms with Gasteiger partial charge in [-0.05, 0) is 43.4 Å². The monoisotopic (exact) mass is 421 g/mol. The number of nitrogens with zero attached hydrogens (tertiary/aromatic N) is 2. The van der Waals surface area contributed by atoms with Crippen LogP contribution in [0.3, 0.4) is 0 Å². The Kier molecular flexibility index (Phi) is 6.74. The molecule has 3 heterocycles. The lowest BCUT2D eigenvalue weighted by Gasteiger charge is -2.23. The molecule has 1 aliphatic rings. The van der Waals surface area contributed by atoms with Gasteiger partial charge < -0.3 is 15.0 Å². The average molecular weight is 422 g/mol. The third-order valence-electron chi connectivity index (χ3n) is 6.48. The Bertz CT molecular complexity index is 1090. The molecule has 0 unspecified atom stereocenters. The molecule has 6 nitrogen and oxygen atoms in total. The third-order valence-corrected chi connectivity index (χ3v) is 6.48. The van der Waals surface area contributed by atoms with Gasteiger partial charge in [0, 0.05) is 12.0 Å². The molecule has 0 radical (unpaired) electrons. The van der Waals surface area contributed by atoms with Crippen molar-refractivity contribution in [3.63, 3.8) is 0 Å². The highest BCUT2D eigenvalue weighted by Crippen LogP contribution is 2.27. The van der Waals surface area contributed by atoms with E-state index in [1.165, 1.54) is 5.56 Å². The second-order valence-electron chi connectivity index (χ2n) is 9.09. The lowest BCUT2D eigenvalue weighted by molar-refractivity contribution is -0.908. The van der Waals surface area contributed by atoms with Crippen LogP contribution in [0.2, 0.25) is 0 Å². The van der Waals surface area contributed by atoms with E-state index in [1.807, 2.05) is 6.07 Å². The number of benzene rings is 1. The van der Waals surface area contributed by atoms with Crippen LogP contribution in [-0.2, 0) is 11.2 Å². The summed E-state index contributed by atoms with van der Waals surface area (Å²) < 4.78 is 7.72. The SMILES string of the molecule is Cc1c(CCC(C)C)c(NCCC[NH+]2CCOCC2)[n+]2c([nH]c3ccccc32)c1C#N. The summed E-state index contributed by atoms with van der Waals surface area (Å²) in [5.41, 5.74) is 6.16. The molecular formula is C25H35N5O+2. The van der Waals surface area contributed by atoms with Crippen molar-refractivity contribution in [3.05, 3.63) is 41.0 Å². The van der Waals surface area contributed by atoms with Crippen LogP contribution in [0, 0.1) is 24.2 Å². The van der Waals surface area contributed by atoms with Gasteiger partial charge in [0.2, 0.25) is 11.5 Å². The van der Waals surface area contributed by atoms with Gasteiger partial charge in [-0.2, -0.15) is 9.66 Å². The largest absolute Gasteiger partial charge is 0.370 e. The topological polar surface area (TPSA) is 69.4 Å². The molecule has 0 amide bonds. The zero-order valence-corrected chi connectivity index (χ0v) is 19.1. The van der Waals surface area contributed by atoms with E-state index in [-0.39, 0.29) is 0 Å². The van der Waals surface area contributed by atoms with Crippen molar-refractivity contribution in [1.29, 1.82) is 5.26 Å². The Morgan fingerprint density at radius 1 is 1.26 bits per heavy atom. The first-order chi connectivity index (χ1) is 15.1. The molecule has 164 valence electrons. The quantitative estimate of drug-likeness (QED) is 0.386. The predicted octanol–water partition coefficient (Wildman–Crippen LogP) is 2.39. The maximum absolute atomic E-state index is 9.98. The fraction of sp³-hybridized carbons (Fsp3) is 0.520. The van der Waals surface area contributed by atoms with E-state index >= 15 is 0 Å². The molecule has 1 aliphatic heterocycles. The van der Waals surface area contributed by atoms with Crippen molar-refractivity contribution in [2.75, 3.05) is 44.7 Å². The lowest BCUT2D eigenvalue weighted by atomic mass is 9.97. The van der Waals surface area contributed by atoms with Crippen LogP contribution in [0.1, 0.15) is 43.4 Å². The second-order valence-corrected chi connectivity index (χ2v) is 9.09. The van der Waals surface area contributed by atoms with Crippen molar-refractivity contribution in [3.8, 4) is 6.07 Å². The molecule has 1 aromatic carbocycles. The van der Waals surface area contributed by atoms with Gasteiger partial charge in [-0.1, -0.05) is 26.0 Å². The van der Waals surface area contributed by atoms with Crippen molar-refractivity contribution in [2.24, 2.45) is 5.92 Å². The molecule has 3 aromatic rings. The summed E-state index contributed by atoms with van der Waals surface area (Å²) >= 11 is 0. The first-order valence-electron chi connectivity index (χ1n) is 11.6. The lowest BCUT2D eigenvalue weighted by Crippen LogP contribution is -3.14. The Hall–Kier alpha value is -2.62. The fourth-order valence-corrected chi connectivity index (χ4v) is 4.64. The summed E-state index contributed by atoms with van der Waals surface area (Å²) in [6.07, 6.45) is 3.19. The van der Waals surface area contributed by atoms with E-state index in [1.54, 1.807) is 4.90 Å². The van der Waals surface area contributed by atoms with Gasteiger partial charge in [0.25, 0.3) is 0 Å². The number of H-pyrrole nitrogens is 1. The Morgan fingerprint density at radius 2 is 2.03 bits per heavy atom. The normalized spacial score (nSPS) is 15.1. The van der Waals surface area contributed by atoms with Crippen LogP contribution in [0.15, 0.2) is 24.3 Å². The third kappa shape index (κ3) is 4.53. The molecule has 0 aliphatic carbocycles. The number of rotatable bonds is 8. The Balaban J connectivity index is 1.71. The van der Waals surface area contributed by atoms with Crippen molar-refractivity contribution >= 4 is 22.5 Å². The van der Waals surface area contributed by atoms with Gasteiger partial charge >= 0.3 is 0 Å². The van der Waals surface area contributed by atoms with Crippen molar-refractivity contribution < 1.29 is 14.0 Å². The number of anilines is 1. The first-order valence-corrected chi connectivity index (χ1v) is 11.6. The van der Waals surface area contributed by atoms with E-state index in [0.717, 1.165) is 92.3 Å². The molecule has 3 N–H and O–H groups in total. The molecule has 6 heteroatoms. The average Bonchev–Trinajstić information content (AvgIpc) is 3.15. The Labute approximate surface area is 184 Å². The van der Waals surface area contributed by atoms with Crippen LogP contribution in [0.5, 0.6) is 0 Å². The molecule has 1 saturated heterocycles. The highest BCUT2D eigenvalue weighted by molar-refractivity contribution is 5.78. The number of fused-ring (bicyclic) bond motifs is 3. The summed E-state index contributed by atoms with van der Waals surface area (Å²) in [4.78, 5) is 5.13. The zero-order chi connectivity index (χ0) is 21.8. The summed E-state index contributed by atoms with van der Waals surface area (Å²) in [5.74, 6) is 1.76. The van der Waals surface area contributed by atoms with E-state index in [4.69, 9.17) is 4.74 Å². The van der Waals surface area contributed by atoms with Crippen LogP contribution in [-0.4, -0.2) is 44.4 Å². The molecule has 0 atom stereocenters. The summed E-state index contributed by atoms with van der Waals surface area (Å²) in [6.45, 7) is 12.7. The van der Waals surface area contributed by atoms with E-state index in [9.17, 15) is 5.26 Å². The highest BCUT2D eigenvalue weighted by atomic mass is 16.5. The molecule has 4 rings (SSSR count). The van der Waals surface area contributed by atoms with Crippen LogP contribution in [0.4, 0.5) is 5.82 Å². The number of ether oxygens (including phenoxy) is 1. The fourth-order valence-electron chi connectivity index (χ4n) is 4.64. The summed E-state index contributed by atoms with van der Waals surface area (Å²) in [6, 6.07) is 10.8. The van der Waals surface area contributed by atoms with E-state index in [2.05, 4.69) is 59.7 Å². The Morgan fingerprint density at radius 3 is 2.77 bits per heavy atom. The van der Waals surface area contributed by atoms with Crippen LogP contribution in [0.25, 0.3) is 16.7 Å². The molecule has 1 fully saturated rings. The zero-order valence-electron chi connectivity index (χ0n) is 19.1. The standard InChI is InChI=1S/C25H33N5O/c1-18(2)9-10-20-19(3)21(17-26)25-28-22-7-4-5-8-23(22)30(25)24(20)27-11-6-12-29-13-15-31-16-14-29/h4-5,7-8,18H,6,9-16H2,1-3H3,(H,27,28)/p+2. The maximum atomic E-state index is 9.98. The predicted molar refractivity (Wildman–Crippen MR) is 124 cm³/mol. The van der Waals surface area contributed by atoms with Gasteiger partial charge in [-0.15, -0.1) is 0 Å². The van der Waals surface area contributed by atoms with Gasteiger partial charge in [0.15, 0.2) is 0 Å². The number of quaternary nitrogens is 1. The number of aromatic nitrogens is 2. The summed E-state index contributed by atoms with van der Waals surface area (Å²) in [7, 11) is 0. The molecule has 0 saturated carbocycles. The number of morpholine rings is 1. The van der Waals surface area contributed by atoms with Gasteiger partial charge in [-0.25, -0.2) is 0 Å². The number of para-hydroxylation sites is 2. The number of pyridine rings is 1. The number of aromatic amines is 1. The molecule has 2 aromatic heterocycles. The number of hydrogen-bond donors (Lipinski definition) is 3. The van der Waals surface area contributed by atoms with Crippen molar-refractivity contribution in [2.45, 2.75) is 40.0 Å². The minimum absolute atomic E-state index is 0.617. The number of nitrogens with one attached hydrogen (secondary N) is 3. The van der Waals surface area contributed by atoms with Gasteiger partial charge in [0.1, 0.15) is 35.8 Å². The van der Waals surface area contributed by atoms with E-state index < -0.39 is 0 Å². The van der Waals surface area contributed by atoms with Crippen molar-refractivity contribution in [1.82, 2.24) is 4.98 Å². The van der Waals surface area contributed by atoms with Gasteiger partial charge in [-0.3, -0.25) is 4.98 Å². The van der Waals surface area contributed by atoms with E-state index in [0.29, 0.717) is 5.92 Å². The number of hydrogen-bond acceptors (Lipinski definition) is 3. The second kappa shape index (κ2) is 9.67. The molecular weight excluding hydrogens is 386 g/mol. The highest BCUT2D eigenvalue weighted by Gasteiger charge is 2.25. The smallest absolute Gasteiger partial charge is 0.250 e. The minimum Gasteiger partial charge on any atom is -0.370 e. The minimum atomic E-state index is 0.617. The maximum Gasteiger partial charge on any atom is 0.250 e. The molecule has 0 spiro atoms. The molecule has 31 heavy (non-hydrogen) atoms. The van der Waals surface area contributed by atoms with Crippen LogP contribution >= 0.6 is 0 Å². The first kappa shape index (κ1) is 21.6. The molecule has 0 bridgehead atoms.